The van der Waals surface area contributed by atoms with Crippen molar-refractivity contribution in [3.63, 3.8) is 0 Å². The van der Waals surface area contributed by atoms with E-state index in [1.807, 2.05) is 7.05 Å². The van der Waals surface area contributed by atoms with Gasteiger partial charge in [0.2, 0.25) is 0 Å². The summed E-state index contributed by atoms with van der Waals surface area (Å²) in [5.74, 6) is -0.264. The molecule has 2 aromatic rings. The van der Waals surface area contributed by atoms with Crippen LogP contribution >= 0.6 is 22.9 Å². The highest BCUT2D eigenvalue weighted by Crippen LogP contribution is 2.26. The first-order valence-corrected chi connectivity index (χ1v) is 7.90. The van der Waals surface area contributed by atoms with Crippen LogP contribution in [0.2, 0.25) is 5.02 Å². The van der Waals surface area contributed by atoms with E-state index in [9.17, 15) is 4.39 Å². The molecule has 0 aliphatic rings. The highest BCUT2D eigenvalue weighted by molar-refractivity contribution is 7.11. The smallest absolute Gasteiger partial charge is 0.128 e. The van der Waals surface area contributed by atoms with Crippen LogP contribution in [0.4, 0.5) is 4.39 Å². The fourth-order valence-corrected chi connectivity index (χ4v) is 3.46. The summed E-state index contributed by atoms with van der Waals surface area (Å²) in [7, 11) is 1.92. The highest BCUT2D eigenvalue weighted by Gasteiger charge is 2.14. The van der Waals surface area contributed by atoms with E-state index in [2.05, 4.69) is 17.2 Å². The third-order valence-electron chi connectivity index (χ3n) is 3.04. The molecular weight excluding hydrogens is 295 g/mol. The van der Waals surface area contributed by atoms with E-state index in [0.29, 0.717) is 17.0 Å². The van der Waals surface area contributed by atoms with Gasteiger partial charge in [0.1, 0.15) is 5.82 Å². The van der Waals surface area contributed by atoms with Gasteiger partial charge in [-0.3, -0.25) is 0 Å². The zero-order valence-corrected chi connectivity index (χ0v) is 13.2. The maximum absolute atomic E-state index is 13.8. The Morgan fingerprint density at radius 3 is 2.85 bits per heavy atom. The normalized spacial score (nSPS) is 11.0. The summed E-state index contributed by atoms with van der Waals surface area (Å²) >= 11 is 7.71. The zero-order valence-electron chi connectivity index (χ0n) is 11.7. The van der Waals surface area contributed by atoms with Crippen molar-refractivity contribution in [2.75, 3.05) is 7.05 Å². The van der Waals surface area contributed by atoms with Gasteiger partial charge < -0.3 is 5.32 Å². The number of aryl methyl sites for hydroxylation is 1. The summed E-state index contributed by atoms with van der Waals surface area (Å²) in [4.78, 5) is 5.88. The quantitative estimate of drug-likeness (QED) is 0.864. The van der Waals surface area contributed by atoms with Gasteiger partial charge in [0.25, 0.3) is 0 Å². The molecular formula is C15H18ClFN2S. The maximum Gasteiger partial charge on any atom is 0.128 e. The lowest BCUT2D eigenvalue weighted by atomic mass is 10.1. The van der Waals surface area contributed by atoms with E-state index in [1.54, 1.807) is 23.5 Å². The molecule has 0 spiro atoms. The Kier molecular flexibility index (Phi) is 5.52. The molecule has 0 saturated heterocycles. The predicted molar refractivity (Wildman–Crippen MR) is 83.1 cm³/mol. The van der Waals surface area contributed by atoms with Crippen LogP contribution in [0.25, 0.3) is 0 Å². The maximum atomic E-state index is 13.8. The number of benzene rings is 1. The Hall–Kier alpha value is -0.970. The summed E-state index contributed by atoms with van der Waals surface area (Å²) in [6.07, 6.45) is 2.47. The third kappa shape index (κ3) is 3.57. The molecule has 1 aromatic heterocycles. The third-order valence-corrected chi connectivity index (χ3v) is 4.49. The Balaban J connectivity index is 2.27. The Bertz CT molecular complexity index is 539. The summed E-state index contributed by atoms with van der Waals surface area (Å²) in [6.45, 7) is 2.94. The van der Waals surface area contributed by atoms with Gasteiger partial charge in [0.05, 0.1) is 10.7 Å². The summed E-state index contributed by atoms with van der Waals surface area (Å²) < 4.78 is 13.8. The van der Waals surface area contributed by atoms with E-state index < -0.39 is 0 Å². The molecule has 2 rings (SSSR count). The first-order valence-electron chi connectivity index (χ1n) is 6.70. The zero-order chi connectivity index (χ0) is 14.5. The highest BCUT2D eigenvalue weighted by atomic mass is 35.5. The van der Waals surface area contributed by atoms with E-state index in [1.165, 1.54) is 10.9 Å². The van der Waals surface area contributed by atoms with E-state index in [0.717, 1.165) is 30.1 Å². The number of nitrogens with one attached hydrogen (secondary N) is 1. The van der Waals surface area contributed by atoms with Gasteiger partial charge in [-0.2, -0.15) is 0 Å². The molecule has 0 aliphatic heterocycles. The molecule has 1 heterocycles. The molecule has 0 unspecified atom stereocenters. The molecule has 1 aromatic carbocycles. The Labute approximate surface area is 128 Å². The molecule has 0 fully saturated rings. The SMILES string of the molecule is CCCc1nc(Cc2c(F)cccc2Cl)sc1CNC. The fraction of sp³-hybridized carbons (Fsp3) is 0.400. The number of hydrogen-bond acceptors (Lipinski definition) is 3. The number of aromatic nitrogens is 1. The van der Waals surface area contributed by atoms with Crippen LogP contribution in [-0.4, -0.2) is 12.0 Å². The number of hydrogen-bond donors (Lipinski definition) is 1. The van der Waals surface area contributed by atoms with Gasteiger partial charge in [0, 0.05) is 28.4 Å². The number of rotatable bonds is 6. The van der Waals surface area contributed by atoms with Gasteiger partial charge in [-0.05, 0) is 25.6 Å². The lowest BCUT2D eigenvalue weighted by molar-refractivity contribution is 0.614. The van der Waals surface area contributed by atoms with E-state index >= 15 is 0 Å². The van der Waals surface area contributed by atoms with Crippen molar-refractivity contribution >= 4 is 22.9 Å². The Morgan fingerprint density at radius 1 is 1.40 bits per heavy atom. The van der Waals surface area contributed by atoms with Crippen LogP contribution in [0.15, 0.2) is 18.2 Å². The molecule has 0 saturated carbocycles. The summed E-state index contributed by atoms with van der Waals surface area (Å²) in [6, 6.07) is 4.78. The van der Waals surface area contributed by atoms with Crippen LogP contribution in [0, 0.1) is 5.82 Å². The second-order valence-corrected chi connectivity index (χ2v) is 6.21. The van der Waals surface area contributed by atoms with Crippen molar-refractivity contribution in [2.45, 2.75) is 32.7 Å². The van der Waals surface area contributed by atoms with E-state index in [4.69, 9.17) is 11.6 Å². The molecule has 0 radical (unpaired) electrons. The van der Waals surface area contributed by atoms with Gasteiger partial charge in [0.15, 0.2) is 0 Å². The first-order chi connectivity index (χ1) is 9.65. The second-order valence-electron chi connectivity index (χ2n) is 4.63. The number of nitrogens with zero attached hydrogens (tertiary/aromatic N) is 1. The van der Waals surface area contributed by atoms with Crippen LogP contribution < -0.4 is 5.32 Å². The van der Waals surface area contributed by atoms with E-state index in [-0.39, 0.29) is 5.82 Å². The lowest BCUT2D eigenvalue weighted by Gasteiger charge is -2.02. The molecule has 5 heteroatoms. The van der Waals surface area contributed by atoms with Gasteiger partial charge in [-0.1, -0.05) is 31.0 Å². The molecule has 0 amide bonds. The average Bonchev–Trinajstić information content (AvgIpc) is 2.77. The molecule has 0 aliphatic carbocycles. The average molecular weight is 313 g/mol. The summed E-state index contributed by atoms with van der Waals surface area (Å²) in [5.41, 5.74) is 1.65. The van der Waals surface area contributed by atoms with Crippen LogP contribution in [0.3, 0.4) is 0 Å². The fourth-order valence-electron chi connectivity index (χ4n) is 2.10. The minimum Gasteiger partial charge on any atom is -0.315 e. The molecule has 0 atom stereocenters. The minimum atomic E-state index is -0.264. The van der Waals surface area contributed by atoms with Crippen LogP contribution in [0.1, 0.15) is 34.5 Å². The van der Waals surface area contributed by atoms with Crippen molar-refractivity contribution in [1.29, 1.82) is 0 Å². The molecule has 1 N–H and O–H groups in total. The molecule has 108 valence electrons. The van der Waals surface area contributed by atoms with Crippen molar-refractivity contribution in [2.24, 2.45) is 0 Å². The monoisotopic (exact) mass is 312 g/mol. The predicted octanol–water partition coefficient (Wildman–Crippen LogP) is 4.20. The topological polar surface area (TPSA) is 24.9 Å². The first kappa shape index (κ1) is 15.4. The molecule has 0 bridgehead atoms. The number of thiazole rings is 1. The summed E-state index contributed by atoms with van der Waals surface area (Å²) in [5, 5.41) is 4.54. The number of halogens is 2. The van der Waals surface area contributed by atoms with Gasteiger partial charge >= 0.3 is 0 Å². The van der Waals surface area contributed by atoms with Gasteiger partial charge in [-0.15, -0.1) is 11.3 Å². The minimum absolute atomic E-state index is 0.264. The van der Waals surface area contributed by atoms with Crippen molar-refractivity contribution in [1.82, 2.24) is 10.3 Å². The lowest BCUT2D eigenvalue weighted by Crippen LogP contribution is -2.05. The van der Waals surface area contributed by atoms with Gasteiger partial charge in [-0.25, -0.2) is 9.37 Å². The largest absolute Gasteiger partial charge is 0.315 e. The van der Waals surface area contributed by atoms with Crippen molar-refractivity contribution in [3.05, 3.63) is 50.2 Å². The standard InChI is InChI=1S/C15H18ClFN2S/c1-3-5-13-14(9-18-2)20-15(19-13)8-10-11(16)6-4-7-12(10)17/h4,6-7,18H,3,5,8-9H2,1-2H3. The molecule has 2 nitrogen and oxygen atoms in total. The second kappa shape index (κ2) is 7.16. The molecule has 20 heavy (non-hydrogen) atoms. The van der Waals surface area contributed by atoms with Crippen molar-refractivity contribution < 1.29 is 4.39 Å². The Morgan fingerprint density at radius 2 is 2.20 bits per heavy atom. The van der Waals surface area contributed by atoms with Crippen molar-refractivity contribution in [3.8, 4) is 0 Å². The van der Waals surface area contributed by atoms with Crippen LogP contribution in [0.5, 0.6) is 0 Å². The van der Waals surface area contributed by atoms with Crippen LogP contribution in [-0.2, 0) is 19.4 Å².